The Labute approximate surface area is 242 Å². The van der Waals surface area contributed by atoms with Crippen LogP contribution in [0.4, 0.5) is 14.9 Å². The zero-order valence-corrected chi connectivity index (χ0v) is 22.7. The molecule has 0 bridgehead atoms. The van der Waals surface area contributed by atoms with Crippen molar-refractivity contribution < 1.29 is 48.0 Å². The molecule has 1 aliphatic heterocycles. The molecule has 2 aromatic carbocycles. The van der Waals surface area contributed by atoms with E-state index in [1.807, 2.05) is 0 Å². The van der Waals surface area contributed by atoms with Crippen LogP contribution in [0, 0.1) is 15.9 Å². The first-order valence-corrected chi connectivity index (χ1v) is 12.9. The van der Waals surface area contributed by atoms with E-state index in [1.54, 1.807) is 0 Å². The fourth-order valence-corrected chi connectivity index (χ4v) is 4.21. The van der Waals surface area contributed by atoms with Gasteiger partial charge in [0.1, 0.15) is 18.3 Å². The van der Waals surface area contributed by atoms with Crippen LogP contribution in [0.2, 0.25) is 0 Å². The van der Waals surface area contributed by atoms with Crippen LogP contribution in [0.3, 0.4) is 0 Å². The van der Waals surface area contributed by atoms with Crippen molar-refractivity contribution in [3.05, 3.63) is 103 Å². The lowest BCUT2D eigenvalue weighted by atomic mass is 10.1. The third kappa shape index (κ3) is 8.08. The van der Waals surface area contributed by atoms with Crippen LogP contribution in [-0.2, 0) is 32.0 Å². The second kappa shape index (κ2) is 14.1. The van der Waals surface area contributed by atoms with Gasteiger partial charge in [0.25, 0.3) is 11.2 Å². The molecule has 230 valence electrons. The number of nitrogens with one attached hydrogen (secondary N) is 1. The van der Waals surface area contributed by atoms with Crippen LogP contribution >= 0.6 is 0 Å². The Kier molecular flexibility index (Phi) is 10.3. The summed E-state index contributed by atoms with van der Waals surface area (Å²) in [6, 6.07) is 10.5. The van der Waals surface area contributed by atoms with E-state index in [2.05, 4.69) is 4.98 Å². The van der Waals surface area contributed by atoms with Gasteiger partial charge in [-0.15, -0.1) is 0 Å². The molecule has 0 amide bonds. The van der Waals surface area contributed by atoms with Gasteiger partial charge in [-0.05, 0) is 30.2 Å². The fourth-order valence-electron chi connectivity index (χ4n) is 4.21. The topological polar surface area (TPSA) is 202 Å². The number of H-pyrrole nitrogens is 1. The number of halogens is 1. The highest BCUT2D eigenvalue weighted by molar-refractivity contribution is 5.63. The number of rotatable bonds is 12. The van der Waals surface area contributed by atoms with E-state index in [0.717, 1.165) is 16.7 Å². The molecule has 1 aromatic heterocycles. The lowest BCUT2D eigenvalue weighted by Gasteiger charge is -2.25. The largest absolute Gasteiger partial charge is 0.513 e. The molecular formula is C27H28FN3O12. The molecule has 5 atom stereocenters. The Morgan fingerprint density at radius 2 is 1.91 bits per heavy atom. The zero-order valence-electron chi connectivity index (χ0n) is 22.7. The van der Waals surface area contributed by atoms with Gasteiger partial charge in [-0.1, -0.05) is 18.2 Å². The van der Waals surface area contributed by atoms with E-state index in [1.165, 1.54) is 49.5 Å². The van der Waals surface area contributed by atoms with Gasteiger partial charge in [0.15, 0.2) is 24.1 Å². The van der Waals surface area contributed by atoms with E-state index in [-0.39, 0.29) is 31.1 Å². The maximum absolute atomic E-state index is 14.6. The smallest absolute Gasteiger partial charge is 0.434 e. The number of benzene rings is 2. The summed E-state index contributed by atoms with van der Waals surface area (Å²) in [5.41, 5.74) is -0.472. The summed E-state index contributed by atoms with van der Waals surface area (Å²) in [5, 5.41) is 30.8. The molecule has 1 aliphatic rings. The molecule has 2 heterocycles. The number of hydrogen-bond acceptors (Lipinski definition) is 12. The molecule has 16 heteroatoms. The SMILES string of the molecule is CC(OCc1ccc(OC(=O)OCCc2ccc([N+](=O)[O-])cc2)c(F)c1)OC1C(O)[C@H](CO)O[C@@H]1n1ccc(=O)[nH]c1=O. The average Bonchev–Trinajstić information content (AvgIpc) is 3.27. The van der Waals surface area contributed by atoms with Gasteiger partial charge < -0.3 is 33.9 Å². The van der Waals surface area contributed by atoms with Crippen LogP contribution in [0.5, 0.6) is 5.75 Å². The van der Waals surface area contributed by atoms with E-state index in [4.69, 9.17) is 23.7 Å². The number of aromatic nitrogens is 2. The van der Waals surface area contributed by atoms with Crippen molar-refractivity contribution in [2.45, 2.75) is 50.8 Å². The molecule has 43 heavy (non-hydrogen) atoms. The van der Waals surface area contributed by atoms with Crippen LogP contribution in [0.25, 0.3) is 0 Å². The zero-order chi connectivity index (χ0) is 31.1. The first-order chi connectivity index (χ1) is 20.5. The number of carbonyl (C=O) groups is 1. The second-order valence-electron chi connectivity index (χ2n) is 9.37. The summed E-state index contributed by atoms with van der Waals surface area (Å²) >= 11 is 0. The normalized spacial score (nSPS) is 20.5. The summed E-state index contributed by atoms with van der Waals surface area (Å²) in [6.07, 6.45) is -5.49. The third-order valence-electron chi connectivity index (χ3n) is 6.40. The maximum atomic E-state index is 14.6. The summed E-state index contributed by atoms with van der Waals surface area (Å²) in [6.45, 7) is 0.673. The van der Waals surface area contributed by atoms with Gasteiger partial charge in [0, 0.05) is 30.8 Å². The first-order valence-electron chi connectivity index (χ1n) is 12.9. The van der Waals surface area contributed by atoms with Crippen LogP contribution in [0.1, 0.15) is 24.3 Å². The van der Waals surface area contributed by atoms with Crippen molar-refractivity contribution in [3.8, 4) is 5.75 Å². The number of nitrogens with zero attached hydrogens (tertiary/aromatic N) is 2. The minimum absolute atomic E-state index is 0.0666. The Balaban J connectivity index is 1.27. The number of aliphatic hydroxyl groups is 2. The molecule has 3 unspecified atom stereocenters. The van der Waals surface area contributed by atoms with Crippen LogP contribution in [-0.4, -0.2) is 68.7 Å². The van der Waals surface area contributed by atoms with E-state index in [0.29, 0.717) is 11.1 Å². The molecule has 15 nitrogen and oxygen atoms in total. The van der Waals surface area contributed by atoms with Gasteiger partial charge >= 0.3 is 11.8 Å². The molecule has 0 spiro atoms. The van der Waals surface area contributed by atoms with E-state index >= 15 is 0 Å². The lowest BCUT2D eigenvalue weighted by Crippen LogP contribution is -2.41. The standard InChI is InChI=1S/C27H28FN3O12/c1-15(41-24-23(34)21(13-32)42-25(24)30-10-8-22(33)29-26(30)35)40-14-17-4-7-20(19(28)12-17)43-27(36)39-11-9-16-2-5-18(6-3-16)31(37)38/h2-8,10,12,15,21,23-25,32,34H,9,11,13-14H2,1H3,(H,29,33,35)/t15?,21-,23?,24?,25-/m0/s1. The number of aliphatic hydroxyl groups excluding tert-OH is 2. The van der Waals surface area contributed by atoms with Crippen LogP contribution in [0.15, 0.2) is 64.3 Å². The molecule has 1 fully saturated rings. The number of carbonyl (C=O) groups excluding carboxylic acids is 1. The van der Waals surface area contributed by atoms with Crippen molar-refractivity contribution in [1.82, 2.24) is 9.55 Å². The van der Waals surface area contributed by atoms with Crippen LogP contribution < -0.4 is 16.0 Å². The monoisotopic (exact) mass is 605 g/mol. The molecule has 4 rings (SSSR count). The Morgan fingerprint density at radius 3 is 2.56 bits per heavy atom. The molecular weight excluding hydrogens is 577 g/mol. The Bertz CT molecular complexity index is 1540. The highest BCUT2D eigenvalue weighted by atomic mass is 19.1. The summed E-state index contributed by atoms with van der Waals surface area (Å²) in [5.74, 6) is -1.26. The highest BCUT2D eigenvalue weighted by Gasteiger charge is 2.46. The number of aromatic amines is 1. The lowest BCUT2D eigenvalue weighted by molar-refractivity contribution is -0.384. The van der Waals surface area contributed by atoms with Gasteiger partial charge in [-0.3, -0.25) is 24.5 Å². The number of nitro groups is 1. The quantitative estimate of drug-likeness (QED) is 0.0885. The molecule has 0 radical (unpaired) electrons. The van der Waals surface area contributed by atoms with E-state index in [9.17, 15) is 39.1 Å². The molecule has 0 saturated carbocycles. The fraction of sp³-hybridized carbons (Fsp3) is 0.370. The summed E-state index contributed by atoms with van der Waals surface area (Å²) in [4.78, 5) is 47.9. The number of hydrogen-bond donors (Lipinski definition) is 3. The maximum Gasteiger partial charge on any atom is 0.513 e. The predicted molar refractivity (Wildman–Crippen MR) is 143 cm³/mol. The number of non-ortho nitro benzene ring substituents is 1. The van der Waals surface area contributed by atoms with Crippen molar-refractivity contribution in [3.63, 3.8) is 0 Å². The first kappa shape index (κ1) is 31.5. The molecule has 0 aliphatic carbocycles. The van der Waals surface area contributed by atoms with Crippen molar-refractivity contribution in [2.24, 2.45) is 0 Å². The summed E-state index contributed by atoms with van der Waals surface area (Å²) < 4.78 is 42.4. The highest BCUT2D eigenvalue weighted by Crippen LogP contribution is 2.32. The number of nitro benzene ring substituents is 1. The van der Waals surface area contributed by atoms with Crippen molar-refractivity contribution in [2.75, 3.05) is 13.2 Å². The molecule has 3 aromatic rings. The molecule has 1 saturated heterocycles. The van der Waals surface area contributed by atoms with E-state index < -0.39 is 65.6 Å². The minimum atomic E-state index is -1.34. The van der Waals surface area contributed by atoms with Crippen molar-refractivity contribution in [1.29, 1.82) is 0 Å². The van der Waals surface area contributed by atoms with Gasteiger partial charge in [-0.25, -0.2) is 14.0 Å². The Morgan fingerprint density at radius 1 is 1.19 bits per heavy atom. The third-order valence-corrected chi connectivity index (χ3v) is 6.40. The van der Waals surface area contributed by atoms with Gasteiger partial charge in [0.2, 0.25) is 0 Å². The van der Waals surface area contributed by atoms with Crippen molar-refractivity contribution >= 4 is 11.8 Å². The summed E-state index contributed by atoms with van der Waals surface area (Å²) in [7, 11) is 0. The van der Waals surface area contributed by atoms with Gasteiger partial charge in [-0.2, -0.15) is 0 Å². The predicted octanol–water partition coefficient (Wildman–Crippen LogP) is 1.54. The minimum Gasteiger partial charge on any atom is -0.434 e. The number of ether oxygens (including phenoxy) is 5. The average molecular weight is 606 g/mol. The Hall–Kier alpha value is -4.48. The van der Waals surface area contributed by atoms with Gasteiger partial charge in [0.05, 0.1) is 24.7 Å². The molecule has 3 N–H and O–H groups in total. The second-order valence-corrected chi connectivity index (χ2v) is 9.37.